The monoisotopic (exact) mass is 355 g/mol. The summed E-state index contributed by atoms with van der Waals surface area (Å²) in [4.78, 5) is 10.6. The van der Waals surface area contributed by atoms with E-state index < -0.39 is 0 Å². The van der Waals surface area contributed by atoms with Gasteiger partial charge in [-0.1, -0.05) is 35.2 Å². The van der Waals surface area contributed by atoms with Crippen LogP contribution in [-0.2, 0) is 0 Å². The molecule has 0 bridgehead atoms. The number of nitro groups is 1. The van der Waals surface area contributed by atoms with Crippen molar-refractivity contribution >= 4 is 21.6 Å². The average Bonchev–Trinajstić information content (AvgIpc) is 2.48. The van der Waals surface area contributed by atoms with Gasteiger partial charge in [0.1, 0.15) is 5.75 Å². The van der Waals surface area contributed by atoms with Crippen molar-refractivity contribution in [2.45, 2.75) is 46.0 Å². The zero-order valence-corrected chi connectivity index (χ0v) is 14.2. The molecule has 0 spiro atoms. The Bertz CT molecular complexity index is 524. The summed E-state index contributed by atoms with van der Waals surface area (Å²) in [7, 11) is 0. The molecule has 21 heavy (non-hydrogen) atoms. The minimum atomic E-state index is -0.340. The van der Waals surface area contributed by atoms with Crippen molar-refractivity contribution in [3.05, 3.63) is 33.4 Å². The van der Waals surface area contributed by atoms with Crippen LogP contribution in [0.1, 0.15) is 43.2 Å². The molecule has 1 aliphatic rings. The number of nitro benzene ring substituents is 1. The van der Waals surface area contributed by atoms with Crippen LogP contribution in [-0.4, -0.2) is 16.9 Å². The molecule has 0 amide bonds. The molecule has 1 aromatic rings. The predicted molar refractivity (Wildman–Crippen MR) is 87.4 cm³/mol. The second-order valence-corrected chi connectivity index (χ2v) is 6.71. The van der Waals surface area contributed by atoms with Crippen LogP contribution < -0.4 is 4.74 Å². The van der Waals surface area contributed by atoms with E-state index in [0.29, 0.717) is 12.2 Å². The first-order chi connectivity index (χ1) is 9.97. The topological polar surface area (TPSA) is 52.4 Å². The van der Waals surface area contributed by atoms with Gasteiger partial charge >= 0.3 is 0 Å². The Morgan fingerprint density at radius 2 is 1.90 bits per heavy atom. The van der Waals surface area contributed by atoms with Crippen molar-refractivity contribution in [2.24, 2.45) is 5.41 Å². The highest BCUT2D eigenvalue weighted by Gasteiger charge is 2.32. The molecular formula is C16H22BrNO3. The summed E-state index contributed by atoms with van der Waals surface area (Å²) >= 11 is 3.64. The first kappa shape index (κ1) is 16.3. The van der Waals surface area contributed by atoms with Gasteiger partial charge in [-0.05, 0) is 38.3 Å². The quantitative estimate of drug-likeness (QED) is 0.427. The second-order valence-electron chi connectivity index (χ2n) is 6.14. The molecule has 1 fully saturated rings. The minimum absolute atomic E-state index is 0.160. The Kier molecular flexibility index (Phi) is 5.25. The van der Waals surface area contributed by atoms with Gasteiger partial charge in [-0.15, -0.1) is 0 Å². The van der Waals surface area contributed by atoms with Crippen LogP contribution >= 0.6 is 15.9 Å². The molecule has 116 valence electrons. The third kappa shape index (κ3) is 3.76. The van der Waals surface area contributed by atoms with Crippen LogP contribution in [0.25, 0.3) is 0 Å². The summed E-state index contributed by atoms with van der Waals surface area (Å²) in [5, 5.41) is 11.9. The van der Waals surface area contributed by atoms with Gasteiger partial charge in [0, 0.05) is 22.4 Å². The third-order valence-electron chi connectivity index (χ3n) is 4.42. The summed E-state index contributed by atoms with van der Waals surface area (Å²) in [5.74, 6) is 0.768. The number of hydrogen-bond acceptors (Lipinski definition) is 3. The van der Waals surface area contributed by atoms with E-state index in [1.807, 2.05) is 6.92 Å². The fourth-order valence-electron chi connectivity index (χ4n) is 2.98. The van der Waals surface area contributed by atoms with E-state index in [9.17, 15) is 10.1 Å². The lowest BCUT2D eigenvalue weighted by molar-refractivity contribution is -0.385. The fraction of sp³-hybridized carbons (Fsp3) is 0.625. The molecule has 5 heteroatoms. The van der Waals surface area contributed by atoms with Crippen molar-refractivity contribution in [3.8, 4) is 5.75 Å². The number of hydrogen-bond donors (Lipinski definition) is 0. The maximum atomic E-state index is 10.9. The van der Waals surface area contributed by atoms with Crippen LogP contribution in [0.4, 0.5) is 5.69 Å². The lowest BCUT2D eigenvalue weighted by Gasteiger charge is -2.35. The Balaban J connectivity index is 2.12. The molecule has 0 aromatic heterocycles. The van der Waals surface area contributed by atoms with Gasteiger partial charge in [0.05, 0.1) is 11.5 Å². The van der Waals surface area contributed by atoms with Gasteiger partial charge in [0.15, 0.2) is 0 Å². The number of benzene rings is 1. The molecule has 1 aromatic carbocycles. The van der Waals surface area contributed by atoms with Gasteiger partial charge in [-0.3, -0.25) is 10.1 Å². The maximum absolute atomic E-state index is 10.9. The summed E-state index contributed by atoms with van der Waals surface area (Å²) in [5.41, 5.74) is 1.85. The van der Waals surface area contributed by atoms with Crippen LogP contribution in [0.5, 0.6) is 5.75 Å². The van der Waals surface area contributed by atoms with E-state index in [4.69, 9.17) is 4.74 Å². The summed E-state index contributed by atoms with van der Waals surface area (Å²) < 4.78 is 6.03. The Labute approximate surface area is 134 Å². The van der Waals surface area contributed by atoms with Gasteiger partial charge in [-0.2, -0.15) is 0 Å². The molecule has 0 radical (unpaired) electrons. The summed E-state index contributed by atoms with van der Waals surface area (Å²) in [6, 6.07) is 3.39. The minimum Gasteiger partial charge on any atom is -0.493 e. The van der Waals surface area contributed by atoms with E-state index in [-0.39, 0.29) is 16.0 Å². The molecule has 1 aliphatic carbocycles. The lowest BCUT2D eigenvalue weighted by atomic mass is 9.76. The molecule has 0 saturated heterocycles. The fourth-order valence-corrected chi connectivity index (χ4v) is 3.70. The highest BCUT2D eigenvalue weighted by atomic mass is 79.9. The van der Waals surface area contributed by atoms with Crippen molar-refractivity contribution in [1.29, 1.82) is 0 Å². The largest absolute Gasteiger partial charge is 0.493 e. The Morgan fingerprint density at radius 1 is 1.24 bits per heavy atom. The highest BCUT2D eigenvalue weighted by Crippen LogP contribution is 2.39. The smallest absolute Gasteiger partial charge is 0.272 e. The number of aryl methyl sites for hydroxylation is 2. The standard InChI is InChI=1S/C16H22BrNO3/c1-12-9-15(13(2)8-14(12)18(19)20)21-11-16(10-17)6-4-3-5-7-16/h8-9H,3-7,10-11H2,1-2H3. The van der Waals surface area contributed by atoms with E-state index in [1.165, 1.54) is 32.1 Å². The van der Waals surface area contributed by atoms with E-state index >= 15 is 0 Å². The van der Waals surface area contributed by atoms with Crippen molar-refractivity contribution < 1.29 is 9.66 Å². The number of alkyl halides is 1. The molecule has 0 unspecified atom stereocenters. The summed E-state index contributed by atoms with van der Waals surface area (Å²) in [6.07, 6.45) is 6.19. The Hall–Kier alpha value is -1.10. The number of ether oxygens (including phenoxy) is 1. The molecule has 0 atom stereocenters. The molecule has 2 rings (SSSR count). The van der Waals surface area contributed by atoms with Gasteiger partial charge in [-0.25, -0.2) is 0 Å². The zero-order chi connectivity index (χ0) is 15.5. The molecule has 4 nitrogen and oxygen atoms in total. The van der Waals surface area contributed by atoms with Gasteiger partial charge in [0.2, 0.25) is 0 Å². The number of nitrogens with zero attached hydrogens (tertiary/aromatic N) is 1. The van der Waals surface area contributed by atoms with Gasteiger partial charge < -0.3 is 4.74 Å². The second kappa shape index (κ2) is 6.77. The molecule has 0 heterocycles. The normalized spacial score (nSPS) is 17.5. The van der Waals surface area contributed by atoms with Crippen LogP contribution in [0.2, 0.25) is 0 Å². The predicted octanol–water partition coefficient (Wildman–Crippen LogP) is 4.94. The zero-order valence-electron chi connectivity index (χ0n) is 12.7. The highest BCUT2D eigenvalue weighted by molar-refractivity contribution is 9.09. The van der Waals surface area contributed by atoms with E-state index in [1.54, 1.807) is 19.1 Å². The SMILES string of the molecule is Cc1cc([N+](=O)[O-])c(C)cc1OCC1(CBr)CCCCC1. The maximum Gasteiger partial charge on any atom is 0.272 e. The van der Waals surface area contributed by atoms with Crippen LogP contribution in [0.3, 0.4) is 0 Å². The Morgan fingerprint density at radius 3 is 2.48 bits per heavy atom. The van der Waals surface area contributed by atoms with Gasteiger partial charge in [0.25, 0.3) is 5.69 Å². The number of halogens is 1. The average molecular weight is 356 g/mol. The third-order valence-corrected chi connectivity index (χ3v) is 5.61. The van der Waals surface area contributed by atoms with Crippen LogP contribution in [0, 0.1) is 29.4 Å². The number of rotatable bonds is 5. The first-order valence-corrected chi connectivity index (χ1v) is 8.54. The molecular weight excluding hydrogens is 334 g/mol. The van der Waals surface area contributed by atoms with E-state index in [2.05, 4.69) is 15.9 Å². The van der Waals surface area contributed by atoms with Crippen molar-refractivity contribution in [3.63, 3.8) is 0 Å². The molecule has 0 aliphatic heterocycles. The van der Waals surface area contributed by atoms with Crippen LogP contribution in [0.15, 0.2) is 12.1 Å². The lowest BCUT2D eigenvalue weighted by Crippen LogP contribution is -2.32. The van der Waals surface area contributed by atoms with Crippen molar-refractivity contribution in [1.82, 2.24) is 0 Å². The van der Waals surface area contributed by atoms with Crippen molar-refractivity contribution in [2.75, 3.05) is 11.9 Å². The molecule has 0 N–H and O–H groups in total. The summed E-state index contributed by atoms with van der Waals surface area (Å²) in [6.45, 7) is 4.30. The first-order valence-electron chi connectivity index (χ1n) is 7.42. The van der Waals surface area contributed by atoms with E-state index in [0.717, 1.165) is 16.6 Å². The molecule has 1 saturated carbocycles.